The van der Waals surface area contributed by atoms with Gasteiger partial charge in [0.05, 0.1) is 16.6 Å². The molecule has 18 heavy (non-hydrogen) atoms. The van der Waals surface area contributed by atoms with Gasteiger partial charge in [-0.25, -0.2) is 4.99 Å². The van der Waals surface area contributed by atoms with E-state index in [0.717, 1.165) is 23.2 Å². The maximum absolute atomic E-state index is 11.0. The predicted molar refractivity (Wildman–Crippen MR) is 75.7 cm³/mol. The summed E-state index contributed by atoms with van der Waals surface area (Å²) in [6.45, 7) is 2.01. The molecule has 1 aromatic carbocycles. The van der Waals surface area contributed by atoms with Crippen LogP contribution in [-0.4, -0.2) is 30.2 Å². The molecule has 0 spiro atoms. The summed E-state index contributed by atoms with van der Waals surface area (Å²) in [6.07, 6.45) is 2.22. The van der Waals surface area contributed by atoms with Crippen molar-refractivity contribution in [3.63, 3.8) is 0 Å². The lowest BCUT2D eigenvalue weighted by atomic mass is 10.1. The van der Waals surface area contributed by atoms with Gasteiger partial charge in [0.2, 0.25) is 5.90 Å². The van der Waals surface area contributed by atoms with Gasteiger partial charge in [0.25, 0.3) is 0 Å². The third-order valence-corrected chi connectivity index (χ3v) is 3.80. The van der Waals surface area contributed by atoms with Crippen LogP contribution in [0.25, 0.3) is 0 Å². The maximum atomic E-state index is 11.0. The number of benzene rings is 1. The Hall–Kier alpha value is -1.00. The monoisotopic (exact) mass is 283 g/mol. The van der Waals surface area contributed by atoms with Crippen LogP contribution in [0.4, 0.5) is 0 Å². The van der Waals surface area contributed by atoms with Crippen LogP contribution in [0.3, 0.4) is 0 Å². The van der Waals surface area contributed by atoms with Gasteiger partial charge in [-0.2, -0.15) is 11.8 Å². The number of halogens is 1. The first-order valence-corrected chi connectivity index (χ1v) is 7.42. The number of carbonyl (C=O) groups excluding carboxylic acids is 1. The van der Waals surface area contributed by atoms with Crippen LogP contribution in [0, 0.1) is 0 Å². The van der Waals surface area contributed by atoms with Crippen molar-refractivity contribution in [2.45, 2.75) is 19.1 Å². The Labute approximate surface area is 116 Å². The SMILES string of the molecule is CSCC(C)N=C1OC(C=O)c2cccc(Cl)c21. The number of hydrogen-bond acceptors (Lipinski definition) is 4. The lowest BCUT2D eigenvalue weighted by Crippen LogP contribution is -2.09. The van der Waals surface area contributed by atoms with Crippen molar-refractivity contribution >= 4 is 35.5 Å². The maximum Gasteiger partial charge on any atom is 0.219 e. The quantitative estimate of drug-likeness (QED) is 0.797. The fourth-order valence-corrected chi connectivity index (χ4v) is 2.74. The first-order chi connectivity index (χ1) is 8.67. The minimum absolute atomic E-state index is 0.129. The summed E-state index contributed by atoms with van der Waals surface area (Å²) < 4.78 is 5.57. The number of aliphatic imine (C=N–C) groups is 1. The van der Waals surface area contributed by atoms with E-state index in [-0.39, 0.29) is 6.04 Å². The van der Waals surface area contributed by atoms with Crippen molar-refractivity contribution < 1.29 is 9.53 Å². The molecule has 0 fully saturated rings. The van der Waals surface area contributed by atoms with Crippen LogP contribution in [0.2, 0.25) is 5.02 Å². The molecular weight excluding hydrogens is 270 g/mol. The van der Waals surface area contributed by atoms with Crippen molar-refractivity contribution in [1.29, 1.82) is 0 Å². The molecule has 0 saturated carbocycles. The number of rotatable bonds is 4. The van der Waals surface area contributed by atoms with Crippen molar-refractivity contribution in [3.8, 4) is 0 Å². The summed E-state index contributed by atoms with van der Waals surface area (Å²) in [4.78, 5) is 15.5. The molecule has 0 aliphatic carbocycles. The van der Waals surface area contributed by atoms with Gasteiger partial charge in [0.1, 0.15) is 0 Å². The summed E-state index contributed by atoms with van der Waals surface area (Å²) in [6, 6.07) is 5.58. The minimum Gasteiger partial charge on any atom is -0.461 e. The fourth-order valence-electron chi connectivity index (χ4n) is 1.92. The molecule has 3 nitrogen and oxygen atoms in total. The Morgan fingerprint density at radius 1 is 1.61 bits per heavy atom. The number of carbonyl (C=O) groups is 1. The molecule has 1 aliphatic heterocycles. The predicted octanol–water partition coefficient (Wildman–Crippen LogP) is 3.11. The van der Waals surface area contributed by atoms with Crippen LogP contribution in [0.5, 0.6) is 0 Å². The fraction of sp³-hybridized carbons (Fsp3) is 0.385. The zero-order chi connectivity index (χ0) is 13.1. The third-order valence-electron chi connectivity index (χ3n) is 2.67. The van der Waals surface area contributed by atoms with E-state index in [4.69, 9.17) is 16.3 Å². The second-order valence-electron chi connectivity index (χ2n) is 4.12. The summed E-state index contributed by atoms with van der Waals surface area (Å²) in [5.41, 5.74) is 1.55. The van der Waals surface area contributed by atoms with Crippen LogP contribution in [-0.2, 0) is 9.53 Å². The van der Waals surface area contributed by atoms with Crippen LogP contribution < -0.4 is 0 Å². The van der Waals surface area contributed by atoms with Gasteiger partial charge in [-0.05, 0) is 19.2 Å². The number of thioether (sulfide) groups is 1. The van der Waals surface area contributed by atoms with E-state index in [2.05, 4.69) is 4.99 Å². The molecule has 0 N–H and O–H groups in total. The van der Waals surface area contributed by atoms with E-state index in [9.17, 15) is 4.79 Å². The molecule has 0 bridgehead atoms. The first kappa shape index (κ1) is 13.4. The van der Waals surface area contributed by atoms with E-state index < -0.39 is 6.10 Å². The lowest BCUT2D eigenvalue weighted by Gasteiger charge is -2.07. The Kier molecular flexibility index (Phi) is 4.30. The summed E-state index contributed by atoms with van der Waals surface area (Å²) in [5.74, 6) is 1.38. The number of fused-ring (bicyclic) bond motifs is 1. The molecule has 1 aromatic rings. The lowest BCUT2D eigenvalue weighted by molar-refractivity contribution is -0.113. The zero-order valence-corrected chi connectivity index (χ0v) is 11.8. The first-order valence-electron chi connectivity index (χ1n) is 5.64. The van der Waals surface area contributed by atoms with E-state index in [1.165, 1.54) is 0 Å². The van der Waals surface area contributed by atoms with Gasteiger partial charge in [-0.1, -0.05) is 23.7 Å². The largest absolute Gasteiger partial charge is 0.461 e. The third kappa shape index (κ3) is 2.54. The molecule has 5 heteroatoms. The Morgan fingerprint density at radius 2 is 2.39 bits per heavy atom. The minimum atomic E-state index is -0.584. The van der Waals surface area contributed by atoms with E-state index >= 15 is 0 Å². The van der Waals surface area contributed by atoms with E-state index in [1.54, 1.807) is 17.8 Å². The highest BCUT2D eigenvalue weighted by molar-refractivity contribution is 7.98. The standard InChI is InChI=1S/C13H14ClNO2S/c1-8(7-18-2)15-13-12-9(11(6-16)17-13)4-3-5-10(12)14/h3-6,8,11H,7H2,1-2H3. The molecule has 96 valence electrons. The average molecular weight is 284 g/mol. The molecular formula is C13H14ClNO2S. The Balaban J connectivity index is 2.40. The number of hydrogen-bond donors (Lipinski definition) is 0. The zero-order valence-electron chi connectivity index (χ0n) is 10.2. The van der Waals surface area contributed by atoms with Gasteiger partial charge in [0, 0.05) is 11.3 Å². The molecule has 1 heterocycles. The number of ether oxygens (including phenoxy) is 1. The van der Waals surface area contributed by atoms with E-state index in [0.29, 0.717) is 10.9 Å². The Morgan fingerprint density at radius 3 is 3.06 bits per heavy atom. The molecule has 2 atom stereocenters. The van der Waals surface area contributed by atoms with Crippen LogP contribution >= 0.6 is 23.4 Å². The summed E-state index contributed by atoms with van der Waals surface area (Å²) in [5, 5.41) is 0.576. The second-order valence-corrected chi connectivity index (χ2v) is 5.44. The highest BCUT2D eigenvalue weighted by Crippen LogP contribution is 2.34. The molecule has 1 aliphatic rings. The van der Waals surface area contributed by atoms with Crippen molar-refractivity contribution in [2.75, 3.05) is 12.0 Å². The molecule has 2 unspecified atom stereocenters. The molecule has 0 saturated heterocycles. The van der Waals surface area contributed by atoms with E-state index in [1.807, 2.05) is 25.3 Å². The second kappa shape index (κ2) is 5.76. The topological polar surface area (TPSA) is 38.7 Å². The van der Waals surface area contributed by atoms with Gasteiger partial charge >= 0.3 is 0 Å². The van der Waals surface area contributed by atoms with Crippen LogP contribution in [0.1, 0.15) is 24.2 Å². The van der Waals surface area contributed by atoms with Crippen molar-refractivity contribution in [1.82, 2.24) is 0 Å². The van der Waals surface area contributed by atoms with Crippen LogP contribution in [0.15, 0.2) is 23.2 Å². The normalized spacial score (nSPS) is 21.5. The number of nitrogens with zero attached hydrogens (tertiary/aromatic N) is 1. The molecule has 0 amide bonds. The summed E-state index contributed by atoms with van der Waals surface area (Å²) >= 11 is 7.89. The molecule has 0 aromatic heterocycles. The molecule has 0 radical (unpaired) electrons. The van der Waals surface area contributed by atoms with Crippen molar-refractivity contribution in [3.05, 3.63) is 34.3 Å². The molecule has 2 rings (SSSR count). The average Bonchev–Trinajstić information content (AvgIpc) is 2.69. The van der Waals surface area contributed by atoms with Gasteiger partial charge < -0.3 is 4.74 Å². The van der Waals surface area contributed by atoms with Gasteiger partial charge in [-0.3, -0.25) is 4.79 Å². The van der Waals surface area contributed by atoms with Crippen molar-refractivity contribution in [2.24, 2.45) is 4.99 Å². The number of aldehydes is 1. The Bertz CT molecular complexity index is 490. The highest BCUT2D eigenvalue weighted by Gasteiger charge is 2.31. The highest BCUT2D eigenvalue weighted by atomic mass is 35.5. The van der Waals surface area contributed by atoms with Gasteiger partial charge in [-0.15, -0.1) is 0 Å². The smallest absolute Gasteiger partial charge is 0.219 e. The summed E-state index contributed by atoms with van der Waals surface area (Å²) in [7, 11) is 0. The van der Waals surface area contributed by atoms with Gasteiger partial charge in [0.15, 0.2) is 12.4 Å².